The van der Waals surface area contributed by atoms with Gasteiger partial charge in [0, 0.05) is 12.5 Å². The molecule has 2 heterocycles. The van der Waals surface area contributed by atoms with Gasteiger partial charge in [0.15, 0.2) is 5.65 Å². The van der Waals surface area contributed by atoms with Crippen LogP contribution in [0.1, 0.15) is 49.0 Å². The second kappa shape index (κ2) is 6.59. The molecule has 5 nitrogen and oxygen atoms in total. The molecule has 1 atom stereocenters. The first-order valence-electron chi connectivity index (χ1n) is 8.28. The molecule has 0 bridgehead atoms. The van der Waals surface area contributed by atoms with Crippen LogP contribution in [-0.4, -0.2) is 19.7 Å². The van der Waals surface area contributed by atoms with Crippen molar-refractivity contribution in [2.24, 2.45) is 0 Å². The van der Waals surface area contributed by atoms with E-state index in [1.54, 1.807) is 19.1 Å². The van der Waals surface area contributed by atoms with Gasteiger partial charge in [-0.1, -0.05) is 31.2 Å². The van der Waals surface area contributed by atoms with E-state index in [0.717, 1.165) is 12.5 Å². The zero-order valence-electron chi connectivity index (χ0n) is 14.7. The van der Waals surface area contributed by atoms with Crippen LogP contribution in [-0.2, 0) is 12.6 Å². The lowest BCUT2D eigenvalue weighted by atomic mass is 10.0. The molecule has 1 unspecified atom stereocenters. The summed E-state index contributed by atoms with van der Waals surface area (Å²) in [6, 6.07) is 5.58. The smallest absolute Gasteiger partial charge is 0.270 e. The van der Waals surface area contributed by atoms with E-state index in [-0.39, 0.29) is 28.3 Å². The molecule has 1 N–H and O–H groups in total. The predicted molar refractivity (Wildman–Crippen MR) is 92.1 cm³/mol. The molecule has 0 saturated carbocycles. The number of hydrogen-bond donors (Lipinski definition) is 1. The Labute approximate surface area is 147 Å². The van der Waals surface area contributed by atoms with Crippen molar-refractivity contribution in [3.05, 3.63) is 57.3 Å². The summed E-state index contributed by atoms with van der Waals surface area (Å²) in [5.74, 6) is -2.53. The van der Waals surface area contributed by atoms with E-state index in [0.29, 0.717) is 12.2 Å². The lowest BCUT2D eigenvalue weighted by Crippen LogP contribution is -2.15. The summed E-state index contributed by atoms with van der Waals surface area (Å²) in [5, 5.41) is 4.36. The summed E-state index contributed by atoms with van der Waals surface area (Å²) in [5.41, 5.74) is 0.508. The predicted octanol–water partition coefficient (Wildman–Crippen LogP) is 4.01. The molecular formula is C18H19F3N4O. The van der Waals surface area contributed by atoms with Crippen LogP contribution in [0.2, 0.25) is 0 Å². The molecule has 0 radical (unpaired) electrons. The van der Waals surface area contributed by atoms with Crippen LogP contribution in [0.15, 0.2) is 29.1 Å². The molecule has 2 aromatic heterocycles. The quantitative estimate of drug-likeness (QED) is 0.744. The second-order valence-corrected chi connectivity index (χ2v) is 6.31. The van der Waals surface area contributed by atoms with Gasteiger partial charge in [0.05, 0.1) is 6.04 Å². The lowest BCUT2D eigenvalue weighted by Gasteiger charge is -2.18. The van der Waals surface area contributed by atoms with Crippen LogP contribution in [0.25, 0.3) is 11.0 Å². The highest BCUT2D eigenvalue weighted by atomic mass is 19.3. The Hall–Kier alpha value is -2.64. The van der Waals surface area contributed by atoms with Gasteiger partial charge in [-0.2, -0.15) is 5.10 Å². The van der Waals surface area contributed by atoms with Gasteiger partial charge >= 0.3 is 0 Å². The number of nitrogens with one attached hydrogen (secondary N) is 1. The molecule has 0 aliphatic rings. The molecule has 0 spiro atoms. The summed E-state index contributed by atoms with van der Waals surface area (Å²) in [4.78, 5) is 19.1. The maximum absolute atomic E-state index is 13.4. The third-order valence-electron chi connectivity index (χ3n) is 4.36. The standard InChI is InChI=1S/C18H19F3N4O/c1-4-14(11-5-7-12(8-6-11)18(3,20)21)25-16-15(13(9-19)24-25)17(26)23-10(2)22-16/h5-8,14H,4,9H2,1-3H3,(H,22,23,26). The minimum absolute atomic E-state index is 0.0175. The van der Waals surface area contributed by atoms with Gasteiger partial charge in [0.2, 0.25) is 0 Å². The number of alkyl halides is 3. The number of fused-ring (bicyclic) bond motifs is 1. The van der Waals surface area contributed by atoms with Gasteiger partial charge in [0.1, 0.15) is 23.6 Å². The van der Waals surface area contributed by atoms with E-state index in [2.05, 4.69) is 15.1 Å². The zero-order chi connectivity index (χ0) is 19.1. The number of benzene rings is 1. The van der Waals surface area contributed by atoms with Gasteiger partial charge in [0.25, 0.3) is 11.5 Å². The summed E-state index contributed by atoms with van der Waals surface area (Å²) < 4.78 is 41.7. The van der Waals surface area contributed by atoms with Gasteiger partial charge < -0.3 is 4.98 Å². The molecule has 8 heteroatoms. The first-order chi connectivity index (χ1) is 12.3. The molecule has 0 fully saturated rings. The van der Waals surface area contributed by atoms with Crippen LogP contribution in [0.3, 0.4) is 0 Å². The Kier molecular flexibility index (Phi) is 4.60. The summed E-state index contributed by atoms with van der Waals surface area (Å²) in [6.07, 6.45) is 0.567. The van der Waals surface area contributed by atoms with Crippen LogP contribution >= 0.6 is 0 Å². The Morgan fingerprint density at radius 2 is 1.92 bits per heavy atom. The summed E-state index contributed by atoms with van der Waals surface area (Å²) in [6.45, 7) is 3.48. The van der Waals surface area contributed by atoms with Gasteiger partial charge in [-0.05, 0) is 18.9 Å². The van der Waals surface area contributed by atoms with Crippen molar-refractivity contribution in [1.82, 2.24) is 19.7 Å². The fourth-order valence-corrected chi connectivity index (χ4v) is 3.08. The zero-order valence-corrected chi connectivity index (χ0v) is 14.7. The van der Waals surface area contributed by atoms with Crippen molar-refractivity contribution in [2.75, 3.05) is 0 Å². The number of aromatic nitrogens is 4. The SMILES string of the molecule is CCC(c1ccc(C(C)(F)F)cc1)n1nc(CF)c2c(=O)[nH]c(C)nc21. The largest absolute Gasteiger partial charge is 0.310 e. The number of aromatic amines is 1. The first-order valence-corrected chi connectivity index (χ1v) is 8.28. The van der Waals surface area contributed by atoms with Crippen LogP contribution in [0, 0.1) is 6.92 Å². The summed E-state index contributed by atoms with van der Waals surface area (Å²) >= 11 is 0. The van der Waals surface area contributed by atoms with E-state index in [1.165, 1.54) is 16.8 Å². The molecule has 0 aliphatic heterocycles. The van der Waals surface area contributed by atoms with E-state index < -0.39 is 18.2 Å². The Bertz CT molecular complexity index is 987. The van der Waals surface area contributed by atoms with E-state index in [1.807, 2.05) is 6.92 Å². The van der Waals surface area contributed by atoms with E-state index in [9.17, 15) is 18.0 Å². The summed E-state index contributed by atoms with van der Waals surface area (Å²) in [7, 11) is 0. The van der Waals surface area contributed by atoms with E-state index >= 15 is 0 Å². The van der Waals surface area contributed by atoms with Crippen molar-refractivity contribution in [1.29, 1.82) is 0 Å². The fraction of sp³-hybridized carbons (Fsp3) is 0.389. The molecule has 26 heavy (non-hydrogen) atoms. The number of rotatable bonds is 5. The highest BCUT2D eigenvalue weighted by Gasteiger charge is 2.26. The Morgan fingerprint density at radius 1 is 1.27 bits per heavy atom. The van der Waals surface area contributed by atoms with Crippen molar-refractivity contribution in [2.45, 2.75) is 45.8 Å². The molecule has 0 aliphatic carbocycles. The fourth-order valence-electron chi connectivity index (χ4n) is 3.08. The van der Waals surface area contributed by atoms with Gasteiger partial charge in [-0.15, -0.1) is 0 Å². The highest BCUT2D eigenvalue weighted by Crippen LogP contribution is 2.30. The Morgan fingerprint density at radius 3 is 2.46 bits per heavy atom. The number of nitrogens with zero attached hydrogens (tertiary/aromatic N) is 3. The van der Waals surface area contributed by atoms with Gasteiger partial charge in [-0.3, -0.25) is 4.79 Å². The number of hydrogen-bond acceptors (Lipinski definition) is 3. The molecule has 3 rings (SSSR count). The average Bonchev–Trinajstić information content (AvgIpc) is 2.94. The number of H-pyrrole nitrogens is 1. The number of halogens is 3. The molecule has 0 amide bonds. The molecule has 138 valence electrons. The maximum atomic E-state index is 13.4. The van der Waals surface area contributed by atoms with Crippen molar-refractivity contribution < 1.29 is 13.2 Å². The van der Waals surface area contributed by atoms with Crippen LogP contribution in [0.4, 0.5) is 13.2 Å². The van der Waals surface area contributed by atoms with Crippen LogP contribution < -0.4 is 5.56 Å². The van der Waals surface area contributed by atoms with E-state index in [4.69, 9.17) is 0 Å². The topological polar surface area (TPSA) is 63.6 Å². The highest BCUT2D eigenvalue weighted by molar-refractivity contribution is 5.77. The lowest BCUT2D eigenvalue weighted by molar-refractivity contribution is 0.0174. The second-order valence-electron chi connectivity index (χ2n) is 6.31. The first kappa shape index (κ1) is 18.2. The molecule has 0 saturated heterocycles. The monoisotopic (exact) mass is 364 g/mol. The Balaban J connectivity index is 2.16. The van der Waals surface area contributed by atoms with Crippen molar-refractivity contribution in [3.63, 3.8) is 0 Å². The molecular weight excluding hydrogens is 345 g/mol. The van der Waals surface area contributed by atoms with Crippen molar-refractivity contribution >= 4 is 11.0 Å². The minimum atomic E-state index is -2.92. The molecule has 1 aromatic carbocycles. The minimum Gasteiger partial charge on any atom is -0.310 e. The number of aryl methyl sites for hydroxylation is 1. The third kappa shape index (κ3) is 3.11. The average molecular weight is 364 g/mol. The normalized spacial score (nSPS) is 13.3. The third-order valence-corrected chi connectivity index (χ3v) is 4.36. The maximum Gasteiger partial charge on any atom is 0.270 e. The van der Waals surface area contributed by atoms with Gasteiger partial charge in [-0.25, -0.2) is 22.8 Å². The van der Waals surface area contributed by atoms with Crippen LogP contribution in [0.5, 0.6) is 0 Å². The van der Waals surface area contributed by atoms with Crippen molar-refractivity contribution in [3.8, 4) is 0 Å². The molecule has 3 aromatic rings.